The van der Waals surface area contributed by atoms with Crippen LogP contribution in [0.4, 0.5) is 5.69 Å². The van der Waals surface area contributed by atoms with Gasteiger partial charge in [0.1, 0.15) is 0 Å². The lowest BCUT2D eigenvalue weighted by molar-refractivity contribution is -0.384. The zero-order valence-electron chi connectivity index (χ0n) is 11.1. The Kier molecular flexibility index (Phi) is 3.81. The van der Waals surface area contributed by atoms with Gasteiger partial charge in [-0.2, -0.15) is 0 Å². The molecule has 0 bridgehead atoms. The number of hydrogen-bond acceptors (Lipinski definition) is 5. The minimum Gasteiger partial charge on any atom is -0.329 e. The summed E-state index contributed by atoms with van der Waals surface area (Å²) in [7, 11) is -3.73. The molecule has 0 heterocycles. The van der Waals surface area contributed by atoms with Crippen LogP contribution in [0.25, 0.3) is 0 Å². The van der Waals surface area contributed by atoms with Gasteiger partial charge in [0.2, 0.25) is 10.0 Å². The Balaban J connectivity index is 2.23. The predicted octanol–water partition coefficient (Wildman–Crippen LogP) is 1.00. The first-order chi connectivity index (χ1) is 9.28. The van der Waals surface area contributed by atoms with Crippen LogP contribution in [0.3, 0.4) is 0 Å². The van der Waals surface area contributed by atoms with Crippen molar-refractivity contribution in [1.29, 1.82) is 0 Å². The number of non-ortho nitro benzene ring substituents is 1. The van der Waals surface area contributed by atoms with Crippen molar-refractivity contribution in [2.24, 2.45) is 11.7 Å². The average molecular weight is 299 g/mol. The van der Waals surface area contributed by atoms with E-state index in [1.54, 1.807) is 6.92 Å². The monoisotopic (exact) mass is 299 g/mol. The lowest BCUT2D eigenvalue weighted by atomic mass is 9.98. The number of rotatable bonds is 6. The lowest BCUT2D eigenvalue weighted by Gasteiger charge is -2.29. The first-order valence-corrected chi connectivity index (χ1v) is 7.75. The molecule has 20 heavy (non-hydrogen) atoms. The molecule has 8 heteroatoms. The largest absolute Gasteiger partial charge is 0.329 e. The molecule has 1 aliphatic carbocycles. The number of nitrogens with two attached hydrogens (primary N) is 1. The van der Waals surface area contributed by atoms with E-state index in [2.05, 4.69) is 4.72 Å². The van der Waals surface area contributed by atoms with E-state index in [0.717, 1.165) is 12.8 Å². The molecular weight excluding hydrogens is 282 g/mol. The van der Waals surface area contributed by atoms with Crippen molar-refractivity contribution in [2.45, 2.75) is 30.2 Å². The molecule has 0 unspecified atom stereocenters. The van der Waals surface area contributed by atoms with Gasteiger partial charge < -0.3 is 5.73 Å². The van der Waals surface area contributed by atoms with Crippen molar-refractivity contribution in [2.75, 3.05) is 6.54 Å². The first kappa shape index (κ1) is 14.9. The summed E-state index contributed by atoms with van der Waals surface area (Å²) in [5.41, 5.74) is 4.87. The molecule has 7 nitrogen and oxygen atoms in total. The number of sulfonamides is 1. The Morgan fingerprint density at radius 3 is 2.35 bits per heavy atom. The van der Waals surface area contributed by atoms with Gasteiger partial charge in [-0.05, 0) is 37.8 Å². The highest BCUT2D eigenvalue weighted by molar-refractivity contribution is 7.89. The van der Waals surface area contributed by atoms with E-state index >= 15 is 0 Å². The predicted molar refractivity (Wildman–Crippen MR) is 73.6 cm³/mol. The molecule has 1 atom stereocenters. The van der Waals surface area contributed by atoms with Gasteiger partial charge in [-0.25, -0.2) is 13.1 Å². The van der Waals surface area contributed by atoms with Crippen molar-refractivity contribution in [3.05, 3.63) is 34.4 Å². The zero-order valence-corrected chi connectivity index (χ0v) is 11.9. The SMILES string of the molecule is C[C@](CN)(NS(=O)(=O)c1ccc([N+](=O)[O-])cc1)C1CC1. The van der Waals surface area contributed by atoms with Gasteiger partial charge in [0.15, 0.2) is 0 Å². The third-order valence-electron chi connectivity index (χ3n) is 3.63. The quantitative estimate of drug-likeness (QED) is 0.600. The Labute approximate surface area is 117 Å². The summed E-state index contributed by atoms with van der Waals surface area (Å²) in [6, 6.07) is 4.80. The highest BCUT2D eigenvalue weighted by Crippen LogP contribution is 2.39. The first-order valence-electron chi connectivity index (χ1n) is 6.27. The Bertz CT molecular complexity index is 610. The van der Waals surface area contributed by atoms with Gasteiger partial charge in [-0.15, -0.1) is 0 Å². The van der Waals surface area contributed by atoms with Gasteiger partial charge in [0, 0.05) is 24.2 Å². The molecular formula is C12H17N3O4S. The third kappa shape index (κ3) is 2.97. The standard InChI is InChI=1S/C12H17N3O4S/c1-12(8-13,9-2-3-9)14-20(18,19)11-6-4-10(5-7-11)15(16)17/h4-7,9,14H,2-3,8,13H2,1H3/t12-/m1/s1. The second-order valence-electron chi connectivity index (χ2n) is 5.25. The van der Waals surface area contributed by atoms with E-state index < -0.39 is 20.5 Å². The lowest BCUT2D eigenvalue weighted by Crippen LogP contribution is -2.52. The molecule has 1 fully saturated rings. The number of benzene rings is 1. The third-order valence-corrected chi connectivity index (χ3v) is 5.26. The molecule has 1 aliphatic rings. The van der Waals surface area contributed by atoms with E-state index in [1.165, 1.54) is 24.3 Å². The number of hydrogen-bond donors (Lipinski definition) is 2. The maximum Gasteiger partial charge on any atom is 0.269 e. The topological polar surface area (TPSA) is 115 Å². The number of nitro benzene ring substituents is 1. The van der Waals surface area contributed by atoms with Crippen molar-refractivity contribution >= 4 is 15.7 Å². The van der Waals surface area contributed by atoms with Crippen LogP contribution in [0, 0.1) is 16.0 Å². The van der Waals surface area contributed by atoms with Crippen molar-refractivity contribution in [3.63, 3.8) is 0 Å². The summed E-state index contributed by atoms with van der Waals surface area (Å²) in [6.45, 7) is 2.00. The fraction of sp³-hybridized carbons (Fsp3) is 0.500. The van der Waals surface area contributed by atoms with Crippen LogP contribution in [-0.4, -0.2) is 25.4 Å². The molecule has 0 aromatic heterocycles. The maximum atomic E-state index is 12.3. The van der Waals surface area contributed by atoms with E-state index in [-0.39, 0.29) is 23.0 Å². The Morgan fingerprint density at radius 1 is 1.40 bits per heavy atom. The Morgan fingerprint density at radius 2 is 1.95 bits per heavy atom. The summed E-state index contributed by atoms with van der Waals surface area (Å²) in [4.78, 5) is 9.99. The van der Waals surface area contributed by atoms with Gasteiger partial charge in [-0.3, -0.25) is 10.1 Å². The number of nitrogens with zero attached hydrogens (tertiary/aromatic N) is 1. The number of nitro groups is 1. The highest BCUT2D eigenvalue weighted by Gasteiger charge is 2.43. The van der Waals surface area contributed by atoms with Gasteiger partial charge in [-0.1, -0.05) is 0 Å². The van der Waals surface area contributed by atoms with Crippen LogP contribution in [0.15, 0.2) is 29.2 Å². The van der Waals surface area contributed by atoms with Crippen molar-refractivity contribution < 1.29 is 13.3 Å². The van der Waals surface area contributed by atoms with Crippen molar-refractivity contribution in [3.8, 4) is 0 Å². The van der Waals surface area contributed by atoms with Crippen LogP contribution in [0.2, 0.25) is 0 Å². The van der Waals surface area contributed by atoms with Crippen LogP contribution in [-0.2, 0) is 10.0 Å². The summed E-state index contributed by atoms with van der Waals surface area (Å²) in [5.74, 6) is 0.250. The van der Waals surface area contributed by atoms with E-state index in [0.29, 0.717) is 0 Å². The molecule has 3 N–H and O–H groups in total. The van der Waals surface area contributed by atoms with E-state index in [1.807, 2.05) is 0 Å². The van der Waals surface area contributed by atoms with Crippen LogP contribution in [0.5, 0.6) is 0 Å². The minimum absolute atomic E-state index is 0.00317. The second kappa shape index (κ2) is 5.12. The summed E-state index contributed by atoms with van der Waals surface area (Å²) < 4.78 is 27.2. The van der Waals surface area contributed by atoms with Gasteiger partial charge in [0.25, 0.3) is 5.69 Å². The van der Waals surface area contributed by atoms with E-state index in [4.69, 9.17) is 5.73 Å². The average Bonchev–Trinajstić information content (AvgIpc) is 3.23. The minimum atomic E-state index is -3.73. The van der Waals surface area contributed by atoms with E-state index in [9.17, 15) is 18.5 Å². The van der Waals surface area contributed by atoms with Gasteiger partial charge >= 0.3 is 0 Å². The molecule has 1 aromatic rings. The highest BCUT2D eigenvalue weighted by atomic mass is 32.2. The van der Waals surface area contributed by atoms with Crippen molar-refractivity contribution in [1.82, 2.24) is 4.72 Å². The molecule has 0 amide bonds. The molecule has 1 saturated carbocycles. The molecule has 0 radical (unpaired) electrons. The summed E-state index contributed by atoms with van der Waals surface area (Å²) in [5, 5.41) is 10.6. The zero-order chi connectivity index (χ0) is 15.0. The van der Waals surface area contributed by atoms with Crippen LogP contribution in [0.1, 0.15) is 19.8 Å². The van der Waals surface area contributed by atoms with Gasteiger partial charge in [0.05, 0.1) is 9.82 Å². The van der Waals surface area contributed by atoms with Crippen LogP contribution >= 0.6 is 0 Å². The summed E-state index contributed by atoms with van der Waals surface area (Å²) in [6.07, 6.45) is 1.91. The fourth-order valence-electron chi connectivity index (χ4n) is 2.13. The molecule has 110 valence electrons. The molecule has 2 rings (SSSR count). The maximum absolute atomic E-state index is 12.3. The van der Waals surface area contributed by atoms with Crippen LogP contribution < -0.4 is 10.5 Å². The molecule has 1 aromatic carbocycles. The number of nitrogens with one attached hydrogen (secondary N) is 1. The summed E-state index contributed by atoms with van der Waals surface area (Å²) >= 11 is 0. The molecule has 0 spiro atoms. The second-order valence-corrected chi connectivity index (χ2v) is 6.93. The fourth-order valence-corrected chi connectivity index (χ4v) is 3.60. The Hall–Kier alpha value is -1.51. The smallest absolute Gasteiger partial charge is 0.269 e. The molecule has 0 saturated heterocycles. The normalized spacial score (nSPS) is 18.5. The molecule has 0 aliphatic heterocycles.